The zero-order valence-corrected chi connectivity index (χ0v) is 24.8. The molecule has 3 heterocycles. The average molecular weight is 543 g/mol. The van der Waals surface area contributed by atoms with Crippen molar-refractivity contribution >= 4 is 17.9 Å². The number of carboxylic acid groups (broad SMARTS) is 1. The van der Waals surface area contributed by atoms with Crippen LogP contribution in [0.15, 0.2) is 0 Å². The van der Waals surface area contributed by atoms with Gasteiger partial charge in [0.1, 0.15) is 6.10 Å². The fraction of sp³-hybridized carbons (Fsp3) is 0.897. The van der Waals surface area contributed by atoms with Gasteiger partial charge in [0, 0.05) is 12.8 Å². The van der Waals surface area contributed by atoms with Crippen molar-refractivity contribution in [2.24, 2.45) is 16.7 Å². The third kappa shape index (κ3) is 7.27. The van der Waals surface area contributed by atoms with E-state index in [1.807, 2.05) is 27.7 Å². The zero-order chi connectivity index (χ0) is 28.9. The van der Waals surface area contributed by atoms with Crippen molar-refractivity contribution in [1.82, 2.24) is 0 Å². The van der Waals surface area contributed by atoms with Crippen LogP contribution >= 0.6 is 0 Å². The number of fused-ring (bicyclic) bond motifs is 3. The first-order chi connectivity index (χ1) is 17.8. The molecular weight excluding hydrogens is 492 g/mol. The lowest BCUT2D eigenvalue weighted by atomic mass is 9.73. The number of hydrogen-bond donors (Lipinski definition) is 1. The molecule has 4 rings (SSSR count). The van der Waals surface area contributed by atoms with E-state index in [4.69, 9.17) is 23.7 Å². The third-order valence-corrected chi connectivity index (χ3v) is 7.70. The van der Waals surface area contributed by atoms with Crippen LogP contribution < -0.4 is 0 Å². The van der Waals surface area contributed by atoms with Gasteiger partial charge in [-0.2, -0.15) is 0 Å². The van der Waals surface area contributed by atoms with E-state index in [0.29, 0.717) is 38.5 Å². The van der Waals surface area contributed by atoms with Crippen LogP contribution in [0.3, 0.4) is 0 Å². The molecule has 6 unspecified atom stereocenters. The molecule has 4 aliphatic rings. The molecule has 0 aromatic rings. The summed E-state index contributed by atoms with van der Waals surface area (Å²) >= 11 is 0. The van der Waals surface area contributed by atoms with Crippen molar-refractivity contribution in [3.05, 3.63) is 0 Å². The molecule has 1 N–H and O–H groups in total. The van der Waals surface area contributed by atoms with Crippen LogP contribution in [0.2, 0.25) is 0 Å². The topological polar surface area (TPSA) is 118 Å². The van der Waals surface area contributed by atoms with E-state index in [2.05, 4.69) is 34.6 Å². The number of carbonyl (C=O) groups is 3. The van der Waals surface area contributed by atoms with Gasteiger partial charge in [-0.05, 0) is 38.0 Å². The summed E-state index contributed by atoms with van der Waals surface area (Å²) in [5.41, 5.74) is -0.816. The molecule has 3 saturated heterocycles. The van der Waals surface area contributed by atoms with E-state index in [1.54, 1.807) is 0 Å². The molecule has 4 fully saturated rings. The van der Waals surface area contributed by atoms with Gasteiger partial charge in [-0.1, -0.05) is 68.2 Å². The first kappa shape index (κ1) is 32.5. The standard InChI is InChI=1S/C23H34O9.C4H10.C2H6/c1-6-22(5,11-21(2,3)4)20(27)30-15-13-14(28-18(15)26)16-19(29-13)32-23(31-16)9-7-12(8-10-23)17(24)25;1-3-4-2;1-2/h12-16,19H,6-11H2,1-5H3,(H,24,25);3-4H2,1-2H3;1-2H3. The first-order valence-corrected chi connectivity index (χ1v) is 14.4. The van der Waals surface area contributed by atoms with Crippen LogP contribution in [0.5, 0.6) is 0 Å². The summed E-state index contributed by atoms with van der Waals surface area (Å²) in [7, 11) is 0. The highest BCUT2D eigenvalue weighted by molar-refractivity contribution is 5.84. The Bertz CT molecular complexity index is 809. The lowest BCUT2D eigenvalue weighted by Crippen LogP contribution is -2.43. The fourth-order valence-electron chi connectivity index (χ4n) is 5.49. The Hall–Kier alpha value is -1.71. The number of ether oxygens (including phenoxy) is 5. The van der Waals surface area contributed by atoms with Gasteiger partial charge in [-0.15, -0.1) is 0 Å². The van der Waals surface area contributed by atoms with Crippen LogP contribution in [0, 0.1) is 16.7 Å². The molecule has 220 valence electrons. The Morgan fingerprint density at radius 2 is 1.55 bits per heavy atom. The molecule has 6 atom stereocenters. The Kier molecular flexibility index (Phi) is 11.2. The molecule has 9 heteroatoms. The summed E-state index contributed by atoms with van der Waals surface area (Å²) in [6.45, 7) is 18.3. The summed E-state index contributed by atoms with van der Waals surface area (Å²) in [5.74, 6) is -3.21. The van der Waals surface area contributed by atoms with Gasteiger partial charge < -0.3 is 28.8 Å². The Labute approximate surface area is 228 Å². The number of esters is 2. The molecule has 9 nitrogen and oxygen atoms in total. The molecule has 1 aliphatic carbocycles. The lowest BCUT2D eigenvalue weighted by Gasteiger charge is -2.35. The molecule has 1 spiro atoms. The Morgan fingerprint density at radius 3 is 2.03 bits per heavy atom. The molecule has 0 aromatic carbocycles. The summed E-state index contributed by atoms with van der Waals surface area (Å²) < 4.78 is 29.3. The highest BCUT2D eigenvalue weighted by atomic mass is 16.9. The van der Waals surface area contributed by atoms with Gasteiger partial charge >= 0.3 is 17.9 Å². The third-order valence-electron chi connectivity index (χ3n) is 7.70. The maximum absolute atomic E-state index is 13.0. The van der Waals surface area contributed by atoms with Crippen molar-refractivity contribution in [1.29, 1.82) is 0 Å². The molecule has 0 radical (unpaired) electrons. The molecule has 0 bridgehead atoms. The first-order valence-electron chi connectivity index (χ1n) is 14.4. The van der Waals surface area contributed by atoms with Gasteiger partial charge in [0.15, 0.2) is 24.3 Å². The van der Waals surface area contributed by atoms with E-state index in [1.165, 1.54) is 12.8 Å². The highest BCUT2D eigenvalue weighted by Crippen LogP contribution is 2.49. The Morgan fingerprint density at radius 1 is 0.974 bits per heavy atom. The van der Waals surface area contributed by atoms with Crippen LogP contribution in [0.1, 0.15) is 114 Å². The van der Waals surface area contributed by atoms with Gasteiger partial charge in [-0.25, -0.2) is 4.79 Å². The second-order valence-corrected chi connectivity index (χ2v) is 12.1. The van der Waals surface area contributed by atoms with Crippen molar-refractivity contribution in [2.75, 3.05) is 0 Å². The molecule has 0 aromatic heterocycles. The maximum Gasteiger partial charge on any atom is 0.350 e. The average Bonchev–Trinajstić information content (AvgIpc) is 3.47. The summed E-state index contributed by atoms with van der Waals surface area (Å²) in [6, 6.07) is 0. The zero-order valence-electron chi connectivity index (χ0n) is 24.8. The van der Waals surface area contributed by atoms with Gasteiger partial charge in [0.2, 0.25) is 6.10 Å². The number of unbranched alkanes of at least 4 members (excludes halogenated alkanes) is 1. The van der Waals surface area contributed by atoms with Crippen molar-refractivity contribution in [3.8, 4) is 0 Å². The predicted molar refractivity (Wildman–Crippen MR) is 141 cm³/mol. The van der Waals surface area contributed by atoms with Crippen LogP contribution in [-0.4, -0.2) is 59.5 Å². The normalized spacial score (nSPS) is 35.0. The fourth-order valence-corrected chi connectivity index (χ4v) is 5.49. The second kappa shape index (κ2) is 13.1. The molecule has 1 saturated carbocycles. The van der Waals surface area contributed by atoms with E-state index in [9.17, 15) is 19.5 Å². The van der Waals surface area contributed by atoms with Gasteiger partial charge in [0.25, 0.3) is 0 Å². The smallest absolute Gasteiger partial charge is 0.350 e. The second-order valence-electron chi connectivity index (χ2n) is 12.1. The summed E-state index contributed by atoms with van der Waals surface area (Å²) in [5, 5.41) is 9.22. The SMILES string of the molecule is CC.CCC(C)(CC(C)(C)C)C(=O)OC1C(=O)OC2C3OC4(CCC(C(=O)O)CC4)OC3OC12.CCCC. The molecule has 3 aliphatic heterocycles. The quantitative estimate of drug-likeness (QED) is 0.427. The minimum atomic E-state index is -1.16. The summed E-state index contributed by atoms with van der Waals surface area (Å²) in [4.78, 5) is 36.8. The highest BCUT2D eigenvalue weighted by Gasteiger charge is 2.66. The van der Waals surface area contributed by atoms with Crippen LogP contribution in [0.4, 0.5) is 0 Å². The number of hydrogen-bond acceptors (Lipinski definition) is 8. The summed E-state index contributed by atoms with van der Waals surface area (Å²) in [6.07, 6.45) is 1.57. The van der Waals surface area contributed by atoms with E-state index in [-0.39, 0.29) is 5.41 Å². The van der Waals surface area contributed by atoms with Crippen molar-refractivity contribution in [3.63, 3.8) is 0 Å². The largest absolute Gasteiger partial charge is 0.481 e. The molecule has 0 amide bonds. The molecule has 38 heavy (non-hydrogen) atoms. The maximum atomic E-state index is 13.0. The minimum Gasteiger partial charge on any atom is -0.481 e. The molecular formula is C29H50O9. The van der Waals surface area contributed by atoms with Gasteiger partial charge in [-0.3, -0.25) is 9.59 Å². The number of rotatable bonds is 6. The van der Waals surface area contributed by atoms with E-state index in [0.717, 1.165) is 0 Å². The lowest BCUT2D eigenvalue weighted by molar-refractivity contribution is -0.249. The minimum absolute atomic E-state index is 0.0843. The predicted octanol–water partition coefficient (Wildman–Crippen LogP) is 5.62. The van der Waals surface area contributed by atoms with E-state index >= 15 is 0 Å². The van der Waals surface area contributed by atoms with Crippen LogP contribution in [0.25, 0.3) is 0 Å². The van der Waals surface area contributed by atoms with Crippen molar-refractivity contribution < 1.29 is 43.2 Å². The Balaban J connectivity index is 0.000000773. The number of carbonyl (C=O) groups excluding carboxylic acids is 2. The van der Waals surface area contributed by atoms with E-state index < -0.39 is 65.7 Å². The monoisotopic (exact) mass is 542 g/mol. The van der Waals surface area contributed by atoms with Crippen molar-refractivity contribution in [2.45, 2.75) is 150 Å². The number of carboxylic acids is 1. The number of aliphatic carboxylic acids is 1. The van der Waals surface area contributed by atoms with Gasteiger partial charge in [0.05, 0.1) is 11.3 Å². The van der Waals surface area contributed by atoms with Crippen LogP contribution in [-0.2, 0) is 38.1 Å².